The zero-order valence-electron chi connectivity index (χ0n) is 11.3. The standard InChI is InChI=1S/C16H17BrClNO/c1-19-9-8-12-4-2-3-5-13(12)11-20-16-7-6-14(17)10-15(16)18/h2-7,10,19H,8-9,11H2,1H3. The molecule has 0 unspecified atom stereocenters. The van der Waals surface area contributed by atoms with Crippen LogP contribution in [0.3, 0.4) is 0 Å². The number of hydrogen-bond acceptors (Lipinski definition) is 2. The van der Waals surface area contributed by atoms with Gasteiger partial charge in [0.2, 0.25) is 0 Å². The monoisotopic (exact) mass is 353 g/mol. The fourth-order valence-electron chi connectivity index (χ4n) is 1.95. The highest BCUT2D eigenvalue weighted by molar-refractivity contribution is 9.10. The lowest BCUT2D eigenvalue weighted by atomic mass is 10.1. The normalized spacial score (nSPS) is 10.6. The van der Waals surface area contributed by atoms with Crippen LogP contribution in [0.15, 0.2) is 46.9 Å². The van der Waals surface area contributed by atoms with E-state index in [0.29, 0.717) is 17.4 Å². The van der Waals surface area contributed by atoms with E-state index >= 15 is 0 Å². The minimum Gasteiger partial charge on any atom is -0.487 e. The van der Waals surface area contributed by atoms with E-state index in [1.54, 1.807) is 0 Å². The molecule has 0 aliphatic carbocycles. The van der Waals surface area contributed by atoms with Gasteiger partial charge in [-0.2, -0.15) is 0 Å². The first-order chi connectivity index (χ1) is 9.70. The smallest absolute Gasteiger partial charge is 0.138 e. The van der Waals surface area contributed by atoms with Crippen LogP contribution in [0, 0.1) is 0 Å². The van der Waals surface area contributed by atoms with Crippen LogP contribution < -0.4 is 10.1 Å². The summed E-state index contributed by atoms with van der Waals surface area (Å²) in [5.41, 5.74) is 2.50. The maximum Gasteiger partial charge on any atom is 0.138 e. The molecule has 0 fully saturated rings. The van der Waals surface area contributed by atoms with Crippen molar-refractivity contribution in [2.45, 2.75) is 13.0 Å². The zero-order chi connectivity index (χ0) is 14.4. The predicted molar refractivity (Wildman–Crippen MR) is 87.6 cm³/mol. The molecule has 0 radical (unpaired) electrons. The molecule has 4 heteroatoms. The Morgan fingerprint density at radius 3 is 2.60 bits per heavy atom. The first-order valence-electron chi connectivity index (χ1n) is 6.50. The van der Waals surface area contributed by atoms with Crippen molar-refractivity contribution in [3.63, 3.8) is 0 Å². The molecule has 2 aromatic rings. The molecule has 0 atom stereocenters. The van der Waals surface area contributed by atoms with Gasteiger partial charge in [-0.15, -0.1) is 0 Å². The van der Waals surface area contributed by atoms with Crippen LogP contribution in [0.2, 0.25) is 5.02 Å². The SMILES string of the molecule is CNCCc1ccccc1COc1ccc(Br)cc1Cl. The second-order valence-corrected chi connectivity index (χ2v) is 5.81. The Morgan fingerprint density at radius 1 is 1.15 bits per heavy atom. The number of benzene rings is 2. The van der Waals surface area contributed by atoms with E-state index in [-0.39, 0.29) is 0 Å². The first-order valence-corrected chi connectivity index (χ1v) is 7.67. The number of ether oxygens (including phenoxy) is 1. The highest BCUT2D eigenvalue weighted by Crippen LogP contribution is 2.28. The fourth-order valence-corrected chi connectivity index (χ4v) is 2.68. The van der Waals surface area contributed by atoms with Gasteiger partial charge in [-0.1, -0.05) is 51.8 Å². The van der Waals surface area contributed by atoms with Crippen LogP contribution >= 0.6 is 27.5 Å². The number of nitrogens with one attached hydrogen (secondary N) is 1. The van der Waals surface area contributed by atoms with E-state index in [1.165, 1.54) is 11.1 Å². The first kappa shape index (κ1) is 15.4. The van der Waals surface area contributed by atoms with Gasteiger partial charge in [0.05, 0.1) is 5.02 Å². The van der Waals surface area contributed by atoms with Gasteiger partial charge in [0.1, 0.15) is 12.4 Å². The molecule has 2 aromatic carbocycles. The van der Waals surface area contributed by atoms with Gasteiger partial charge < -0.3 is 10.1 Å². The Bertz CT molecular complexity index is 574. The van der Waals surface area contributed by atoms with Gasteiger partial charge in [-0.05, 0) is 49.3 Å². The highest BCUT2D eigenvalue weighted by atomic mass is 79.9. The lowest BCUT2D eigenvalue weighted by Crippen LogP contribution is -2.12. The lowest BCUT2D eigenvalue weighted by molar-refractivity contribution is 0.305. The Balaban J connectivity index is 2.06. The maximum atomic E-state index is 6.15. The molecular formula is C16H17BrClNO. The summed E-state index contributed by atoms with van der Waals surface area (Å²) >= 11 is 9.54. The van der Waals surface area contributed by atoms with Crippen molar-refractivity contribution in [3.05, 3.63) is 63.1 Å². The average molecular weight is 355 g/mol. The molecule has 0 saturated heterocycles. The third-order valence-electron chi connectivity index (χ3n) is 3.04. The van der Waals surface area contributed by atoms with E-state index in [9.17, 15) is 0 Å². The summed E-state index contributed by atoms with van der Waals surface area (Å²) in [5.74, 6) is 0.707. The molecule has 0 bridgehead atoms. The summed E-state index contributed by atoms with van der Waals surface area (Å²) in [5, 5.41) is 3.78. The van der Waals surface area contributed by atoms with Gasteiger partial charge in [-0.25, -0.2) is 0 Å². The Hall–Kier alpha value is -1.03. The van der Waals surface area contributed by atoms with Gasteiger partial charge in [0.15, 0.2) is 0 Å². The van der Waals surface area contributed by atoms with Crippen LogP contribution in [0.5, 0.6) is 5.75 Å². The van der Waals surface area contributed by atoms with Crippen molar-refractivity contribution in [2.24, 2.45) is 0 Å². The largest absolute Gasteiger partial charge is 0.487 e. The Labute approximate surface area is 133 Å². The number of hydrogen-bond donors (Lipinski definition) is 1. The molecule has 106 valence electrons. The van der Waals surface area contributed by atoms with Crippen molar-refractivity contribution >= 4 is 27.5 Å². The molecule has 0 saturated carbocycles. The molecule has 20 heavy (non-hydrogen) atoms. The van der Waals surface area contributed by atoms with Crippen LogP contribution in [-0.2, 0) is 13.0 Å². The van der Waals surface area contributed by atoms with Crippen LogP contribution in [0.4, 0.5) is 0 Å². The summed E-state index contributed by atoms with van der Waals surface area (Å²) in [6.45, 7) is 1.48. The number of rotatable bonds is 6. The molecule has 2 rings (SSSR count). The summed E-state index contributed by atoms with van der Waals surface area (Å²) < 4.78 is 6.77. The number of halogens is 2. The van der Waals surface area contributed by atoms with Crippen LogP contribution in [0.1, 0.15) is 11.1 Å². The maximum absolute atomic E-state index is 6.15. The van der Waals surface area contributed by atoms with Crippen molar-refractivity contribution in [1.82, 2.24) is 5.32 Å². The molecule has 0 heterocycles. The Morgan fingerprint density at radius 2 is 1.90 bits per heavy atom. The van der Waals surface area contributed by atoms with Crippen molar-refractivity contribution < 1.29 is 4.74 Å². The number of likely N-dealkylation sites (N-methyl/N-ethyl adjacent to an activating group) is 1. The topological polar surface area (TPSA) is 21.3 Å². The molecule has 0 aliphatic heterocycles. The van der Waals surface area contributed by atoms with Crippen molar-refractivity contribution in [2.75, 3.05) is 13.6 Å². The Kier molecular flexibility index (Phi) is 5.89. The zero-order valence-corrected chi connectivity index (χ0v) is 13.7. The third-order valence-corrected chi connectivity index (χ3v) is 3.83. The summed E-state index contributed by atoms with van der Waals surface area (Å²) in [7, 11) is 1.96. The third kappa shape index (κ3) is 4.23. The second kappa shape index (κ2) is 7.67. The minimum absolute atomic E-state index is 0.529. The van der Waals surface area contributed by atoms with E-state index in [0.717, 1.165) is 17.4 Å². The molecule has 0 aromatic heterocycles. The molecule has 2 nitrogen and oxygen atoms in total. The van der Waals surface area contributed by atoms with E-state index in [4.69, 9.17) is 16.3 Å². The summed E-state index contributed by atoms with van der Waals surface area (Å²) in [6, 6.07) is 14.0. The molecule has 0 amide bonds. The van der Waals surface area contributed by atoms with E-state index in [1.807, 2.05) is 31.3 Å². The van der Waals surface area contributed by atoms with Gasteiger partial charge >= 0.3 is 0 Å². The van der Waals surface area contributed by atoms with Crippen LogP contribution in [-0.4, -0.2) is 13.6 Å². The van der Waals surface area contributed by atoms with Crippen molar-refractivity contribution in [1.29, 1.82) is 0 Å². The minimum atomic E-state index is 0.529. The predicted octanol–water partition coefficient (Wildman–Crippen LogP) is 4.44. The average Bonchev–Trinajstić information content (AvgIpc) is 2.45. The molecular weight excluding hydrogens is 338 g/mol. The summed E-state index contributed by atoms with van der Waals surface area (Å²) in [6.07, 6.45) is 0.990. The van der Waals surface area contributed by atoms with Gasteiger partial charge in [0, 0.05) is 4.47 Å². The van der Waals surface area contributed by atoms with E-state index in [2.05, 4.69) is 39.4 Å². The molecule has 0 aliphatic rings. The van der Waals surface area contributed by atoms with Crippen molar-refractivity contribution in [3.8, 4) is 5.75 Å². The lowest BCUT2D eigenvalue weighted by Gasteiger charge is -2.12. The fraction of sp³-hybridized carbons (Fsp3) is 0.250. The quantitative estimate of drug-likeness (QED) is 0.828. The molecule has 0 spiro atoms. The second-order valence-electron chi connectivity index (χ2n) is 4.49. The van der Waals surface area contributed by atoms with Crippen LogP contribution in [0.25, 0.3) is 0 Å². The van der Waals surface area contributed by atoms with Gasteiger partial charge in [0.25, 0.3) is 0 Å². The van der Waals surface area contributed by atoms with Gasteiger partial charge in [-0.3, -0.25) is 0 Å². The van der Waals surface area contributed by atoms with E-state index < -0.39 is 0 Å². The highest BCUT2D eigenvalue weighted by Gasteiger charge is 2.05. The summed E-state index contributed by atoms with van der Waals surface area (Å²) in [4.78, 5) is 0. The molecule has 1 N–H and O–H groups in total.